The zero-order chi connectivity index (χ0) is 14.2. The predicted molar refractivity (Wildman–Crippen MR) is 80.8 cm³/mol. The van der Waals surface area contributed by atoms with Crippen molar-refractivity contribution < 1.29 is 0 Å². The van der Waals surface area contributed by atoms with E-state index < -0.39 is 0 Å². The number of aromatic nitrogens is 3. The summed E-state index contributed by atoms with van der Waals surface area (Å²) < 4.78 is 0.598. The standard InChI is InChI=1S/C15H19N3S/c1-9-6-10(2)13(16-8-9)14-17-11(15(3,4)5)7-12(19)18-14/h6-8H,1-5H3,(H,17,18,19). The number of nitrogens with zero attached hydrogens (tertiary/aromatic N) is 2. The van der Waals surface area contributed by atoms with Crippen molar-refractivity contribution in [3.05, 3.63) is 39.8 Å². The number of H-pyrrole nitrogens is 1. The van der Waals surface area contributed by atoms with Crippen molar-refractivity contribution in [2.24, 2.45) is 0 Å². The molecule has 0 saturated carbocycles. The maximum Gasteiger partial charge on any atom is 0.158 e. The summed E-state index contributed by atoms with van der Waals surface area (Å²) in [7, 11) is 0. The Kier molecular flexibility index (Phi) is 3.54. The average molecular weight is 273 g/mol. The van der Waals surface area contributed by atoms with Crippen LogP contribution in [0.5, 0.6) is 0 Å². The molecule has 2 heterocycles. The predicted octanol–water partition coefficient (Wildman–Crippen LogP) is 4.12. The van der Waals surface area contributed by atoms with Gasteiger partial charge >= 0.3 is 0 Å². The van der Waals surface area contributed by atoms with Gasteiger partial charge in [0.2, 0.25) is 0 Å². The molecule has 4 heteroatoms. The second-order valence-corrected chi connectivity index (χ2v) is 6.33. The van der Waals surface area contributed by atoms with Gasteiger partial charge in [-0.25, -0.2) is 4.98 Å². The second kappa shape index (κ2) is 4.85. The fraction of sp³-hybridized carbons (Fsp3) is 0.400. The summed E-state index contributed by atoms with van der Waals surface area (Å²) in [5, 5.41) is 0. The molecular formula is C15H19N3S. The van der Waals surface area contributed by atoms with Gasteiger partial charge in [0.1, 0.15) is 10.3 Å². The fourth-order valence-electron chi connectivity index (χ4n) is 1.94. The first kappa shape index (κ1) is 13.9. The van der Waals surface area contributed by atoms with E-state index >= 15 is 0 Å². The van der Waals surface area contributed by atoms with Gasteiger partial charge in [-0.15, -0.1) is 0 Å². The van der Waals surface area contributed by atoms with E-state index in [9.17, 15) is 0 Å². The maximum absolute atomic E-state index is 5.27. The number of nitrogens with one attached hydrogen (secondary N) is 1. The van der Waals surface area contributed by atoms with E-state index in [0.717, 1.165) is 28.3 Å². The summed E-state index contributed by atoms with van der Waals surface area (Å²) in [4.78, 5) is 12.2. The van der Waals surface area contributed by atoms with Crippen molar-refractivity contribution in [2.45, 2.75) is 40.0 Å². The first-order chi connectivity index (χ1) is 8.77. The number of aromatic amines is 1. The van der Waals surface area contributed by atoms with Crippen LogP contribution in [0.4, 0.5) is 0 Å². The van der Waals surface area contributed by atoms with Crippen LogP contribution in [0.25, 0.3) is 11.5 Å². The van der Waals surface area contributed by atoms with Gasteiger partial charge in [0.15, 0.2) is 5.82 Å². The van der Waals surface area contributed by atoms with Gasteiger partial charge < -0.3 is 4.98 Å². The Morgan fingerprint density at radius 3 is 2.42 bits per heavy atom. The van der Waals surface area contributed by atoms with Crippen LogP contribution in [-0.2, 0) is 5.41 Å². The van der Waals surface area contributed by atoms with Crippen molar-refractivity contribution in [2.75, 3.05) is 0 Å². The first-order valence-electron chi connectivity index (χ1n) is 6.33. The molecule has 19 heavy (non-hydrogen) atoms. The second-order valence-electron chi connectivity index (χ2n) is 5.91. The van der Waals surface area contributed by atoms with Crippen molar-refractivity contribution in [1.82, 2.24) is 15.0 Å². The van der Waals surface area contributed by atoms with Gasteiger partial charge in [-0.2, -0.15) is 0 Å². The number of hydrogen-bond donors (Lipinski definition) is 1. The number of rotatable bonds is 1. The van der Waals surface area contributed by atoms with Crippen molar-refractivity contribution >= 4 is 12.2 Å². The lowest BCUT2D eigenvalue weighted by Crippen LogP contribution is -2.14. The first-order valence-corrected chi connectivity index (χ1v) is 6.73. The van der Waals surface area contributed by atoms with E-state index in [4.69, 9.17) is 12.2 Å². The molecule has 2 rings (SSSR count). The summed E-state index contributed by atoms with van der Waals surface area (Å²) >= 11 is 5.27. The topological polar surface area (TPSA) is 41.6 Å². The molecule has 2 aromatic heterocycles. The molecule has 0 atom stereocenters. The van der Waals surface area contributed by atoms with E-state index in [1.165, 1.54) is 0 Å². The van der Waals surface area contributed by atoms with Crippen LogP contribution >= 0.6 is 12.2 Å². The lowest BCUT2D eigenvalue weighted by atomic mass is 9.92. The van der Waals surface area contributed by atoms with Gasteiger partial charge in [0, 0.05) is 17.3 Å². The van der Waals surface area contributed by atoms with Crippen molar-refractivity contribution in [3.63, 3.8) is 0 Å². The van der Waals surface area contributed by atoms with E-state index in [-0.39, 0.29) is 5.41 Å². The highest BCUT2D eigenvalue weighted by atomic mass is 32.1. The van der Waals surface area contributed by atoms with Crippen LogP contribution in [0.3, 0.4) is 0 Å². The highest BCUT2D eigenvalue weighted by Crippen LogP contribution is 2.24. The van der Waals surface area contributed by atoms with Gasteiger partial charge in [0.25, 0.3) is 0 Å². The minimum atomic E-state index is 0.00382. The molecule has 0 radical (unpaired) electrons. The molecule has 0 aliphatic heterocycles. The molecule has 0 aliphatic rings. The Bertz CT molecular complexity index is 666. The molecule has 2 aromatic rings. The normalized spacial score (nSPS) is 11.6. The van der Waals surface area contributed by atoms with Crippen LogP contribution in [0, 0.1) is 18.5 Å². The van der Waals surface area contributed by atoms with E-state index in [1.54, 1.807) is 0 Å². The molecule has 0 aromatic carbocycles. The highest BCUT2D eigenvalue weighted by Gasteiger charge is 2.16. The van der Waals surface area contributed by atoms with Gasteiger partial charge in [-0.3, -0.25) is 4.98 Å². The third-order valence-corrected chi connectivity index (χ3v) is 3.20. The third kappa shape index (κ3) is 3.07. The number of aryl methyl sites for hydroxylation is 2. The molecule has 3 nitrogen and oxygen atoms in total. The summed E-state index contributed by atoms with van der Waals surface area (Å²) in [5.41, 5.74) is 4.19. The average Bonchev–Trinajstić information content (AvgIpc) is 2.26. The molecule has 1 N–H and O–H groups in total. The highest BCUT2D eigenvalue weighted by molar-refractivity contribution is 7.71. The van der Waals surface area contributed by atoms with Crippen LogP contribution in [0.15, 0.2) is 18.3 Å². The lowest BCUT2D eigenvalue weighted by molar-refractivity contribution is 0.567. The fourth-order valence-corrected chi connectivity index (χ4v) is 2.15. The molecule has 0 spiro atoms. The van der Waals surface area contributed by atoms with Crippen LogP contribution in [0.2, 0.25) is 0 Å². The Labute approximate surface area is 119 Å². The van der Waals surface area contributed by atoms with Gasteiger partial charge in [-0.05, 0) is 31.0 Å². The molecule has 0 bridgehead atoms. The number of pyridine rings is 1. The van der Waals surface area contributed by atoms with E-state index in [2.05, 4.69) is 41.8 Å². The Balaban J connectivity index is 2.63. The lowest BCUT2D eigenvalue weighted by Gasteiger charge is -2.19. The molecule has 0 aliphatic carbocycles. The SMILES string of the molecule is Cc1cnc(-c2nc(=S)cc(C(C)(C)C)[nH]2)c(C)c1. The molecule has 0 unspecified atom stereocenters. The van der Waals surface area contributed by atoms with Gasteiger partial charge in [-0.1, -0.05) is 39.1 Å². The smallest absolute Gasteiger partial charge is 0.158 e. The summed E-state index contributed by atoms with van der Waals surface area (Å²) in [6.07, 6.45) is 1.85. The molecule has 0 amide bonds. The summed E-state index contributed by atoms with van der Waals surface area (Å²) in [5.74, 6) is 0.745. The maximum atomic E-state index is 5.27. The Hall–Kier alpha value is -1.55. The van der Waals surface area contributed by atoms with Crippen molar-refractivity contribution in [3.8, 4) is 11.5 Å². The van der Waals surface area contributed by atoms with Crippen LogP contribution in [0.1, 0.15) is 37.6 Å². The minimum Gasteiger partial charge on any atom is -0.341 e. The summed E-state index contributed by atoms with van der Waals surface area (Å²) in [6, 6.07) is 4.02. The molecule has 0 fully saturated rings. The Morgan fingerprint density at radius 1 is 1.16 bits per heavy atom. The summed E-state index contributed by atoms with van der Waals surface area (Å²) in [6.45, 7) is 10.5. The zero-order valence-corrected chi connectivity index (χ0v) is 12.9. The molecular weight excluding hydrogens is 254 g/mol. The number of hydrogen-bond acceptors (Lipinski definition) is 3. The van der Waals surface area contributed by atoms with Gasteiger partial charge in [0.05, 0.1) is 0 Å². The zero-order valence-electron chi connectivity index (χ0n) is 12.0. The quantitative estimate of drug-likeness (QED) is 0.795. The monoisotopic (exact) mass is 273 g/mol. The van der Waals surface area contributed by atoms with E-state index in [1.807, 2.05) is 26.1 Å². The largest absolute Gasteiger partial charge is 0.341 e. The molecule has 0 saturated heterocycles. The van der Waals surface area contributed by atoms with Crippen LogP contribution in [-0.4, -0.2) is 15.0 Å². The molecule has 100 valence electrons. The minimum absolute atomic E-state index is 0.00382. The van der Waals surface area contributed by atoms with Crippen molar-refractivity contribution in [1.29, 1.82) is 0 Å². The van der Waals surface area contributed by atoms with Crippen LogP contribution < -0.4 is 0 Å². The van der Waals surface area contributed by atoms with E-state index in [0.29, 0.717) is 4.64 Å². The third-order valence-electron chi connectivity index (χ3n) is 2.99. The Morgan fingerprint density at radius 2 is 1.84 bits per heavy atom.